The van der Waals surface area contributed by atoms with Gasteiger partial charge in [0.05, 0.1) is 6.26 Å². The van der Waals surface area contributed by atoms with Gasteiger partial charge in [-0.05, 0) is 23.8 Å². The summed E-state index contributed by atoms with van der Waals surface area (Å²) in [7, 11) is 1.61. The van der Waals surface area contributed by atoms with Crippen LogP contribution >= 0.6 is 11.6 Å². The third-order valence-corrected chi connectivity index (χ3v) is 1.48. The van der Waals surface area contributed by atoms with Gasteiger partial charge in [-0.3, -0.25) is 0 Å². The minimum Gasteiger partial charge on any atom is -0.573 e. The monoisotopic (exact) mass is 166 g/mol. The molecule has 0 bridgehead atoms. The van der Waals surface area contributed by atoms with E-state index in [4.69, 9.17) is 16.3 Å². The first-order chi connectivity index (χ1) is 5.33. The Morgan fingerprint density at radius 1 is 1.45 bits per heavy atom. The van der Waals surface area contributed by atoms with Gasteiger partial charge in [0.1, 0.15) is 0 Å². The van der Waals surface area contributed by atoms with Crippen LogP contribution in [0.3, 0.4) is 0 Å². The Labute approximate surface area is 72.1 Å². The van der Waals surface area contributed by atoms with Crippen molar-refractivity contribution in [2.75, 3.05) is 0 Å². The molecular formula is C8H8BClO. The summed E-state index contributed by atoms with van der Waals surface area (Å²) in [5.41, 5.74) is 1.04. The molecule has 0 fully saturated rings. The molecule has 0 heterocycles. The van der Waals surface area contributed by atoms with Crippen LogP contribution in [0.2, 0.25) is 5.02 Å². The van der Waals surface area contributed by atoms with Crippen molar-refractivity contribution in [3.05, 3.63) is 41.1 Å². The van der Waals surface area contributed by atoms with E-state index in [0.29, 0.717) is 0 Å². The van der Waals surface area contributed by atoms with Gasteiger partial charge in [0.2, 0.25) is 0 Å². The molecule has 0 amide bonds. The van der Waals surface area contributed by atoms with Crippen LogP contribution in [-0.2, 0) is 4.65 Å². The molecule has 0 unspecified atom stereocenters. The molecule has 1 nitrogen and oxygen atoms in total. The molecule has 1 aromatic carbocycles. The average molecular weight is 166 g/mol. The molecule has 0 aliphatic carbocycles. The summed E-state index contributed by atoms with van der Waals surface area (Å²) in [5, 5.41) is 0.739. The quantitative estimate of drug-likeness (QED) is 0.481. The Morgan fingerprint density at radius 3 is 2.91 bits per heavy atom. The summed E-state index contributed by atoms with van der Waals surface area (Å²) in [6, 6.07) is 7.57. The van der Waals surface area contributed by atoms with Crippen LogP contribution in [0.4, 0.5) is 0 Å². The molecule has 0 saturated carbocycles. The van der Waals surface area contributed by atoms with Crippen LogP contribution in [0.15, 0.2) is 30.5 Å². The maximum atomic E-state index is 5.75. The maximum absolute atomic E-state index is 5.75. The molecular weight excluding hydrogens is 158 g/mol. The zero-order chi connectivity index (χ0) is 8.10. The lowest BCUT2D eigenvalue weighted by Gasteiger charge is -1.93. The number of hydrogen-bond donors (Lipinski definition) is 0. The van der Waals surface area contributed by atoms with Gasteiger partial charge in [-0.15, -0.1) is 0 Å². The van der Waals surface area contributed by atoms with Crippen molar-refractivity contribution < 1.29 is 4.65 Å². The largest absolute Gasteiger partial charge is 0.573 e. The van der Waals surface area contributed by atoms with Gasteiger partial charge in [0.15, 0.2) is 0 Å². The van der Waals surface area contributed by atoms with E-state index in [1.54, 1.807) is 14.3 Å². The fourth-order valence-electron chi connectivity index (χ4n) is 0.757. The van der Waals surface area contributed by atoms with Crippen LogP contribution in [0.25, 0.3) is 6.08 Å². The second-order valence-electron chi connectivity index (χ2n) is 2.09. The lowest BCUT2D eigenvalue weighted by molar-refractivity contribution is 0.539. The third-order valence-electron chi connectivity index (χ3n) is 1.25. The summed E-state index contributed by atoms with van der Waals surface area (Å²) in [6.45, 7) is 0. The second kappa shape index (κ2) is 4.09. The standard InChI is InChI=1S/C8H8BClO/c9-11-5-4-7-2-1-3-8(10)6-7/h1-6H,9H2. The molecule has 0 radical (unpaired) electrons. The van der Waals surface area contributed by atoms with Crippen molar-refractivity contribution in [1.82, 2.24) is 0 Å². The van der Waals surface area contributed by atoms with Crippen molar-refractivity contribution in [3.63, 3.8) is 0 Å². The highest BCUT2D eigenvalue weighted by molar-refractivity contribution is 6.30. The molecule has 1 aromatic rings. The van der Waals surface area contributed by atoms with Crippen LogP contribution in [0, 0.1) is 0 Å². The summed E-state index contributed by atoms with van der Waals surface area (Å²) in [4.78, 5) is 0. The Kier molecular flexibility index (Phi) is 3.05. The number of benzene rings is 1. The van der Waals surface area contributed by atoms with Crippen molar-refractivity contribution in [2.24, 2.45) is 0 Å². The fraction of sp³-hybridized carbons (Fsp3) is 0. The Morgan fingerprint density at radius 2 is 2.27 bits per heavy atom. The molecule has 0 spiro atoms. The van der Waals surface area contributed by atoms with E-state index >= 15 is 0 Å². The van der Waals surface area contributed by atoms with E-state index in [-0.39, 0.29) is 0 Å². The molecule has 11 heavy (non-hydrogen) atoms. The topological polar surface area (TPSA) is 9.23 Å². The highest BCUT2D eigenvalue weighted by Gasteiger charge is 1.87. The van der Waals surface area contributed by atoms with E-state index in [1.807, 2.05) is 30.3 Å². The van der Waals surface area contributed by atoms with Crippen LogP contribution in [0.5, 0.6) is 0 Å². The van der Waals surface area contributed by atoms with Crippen LogP contribution in [0.1, 0.15) is 5.56 Å². The SMILES string of the molecule is BOC=Cc1cccc(Cl)c1. The number of rotatable bonds is 2. The molecule has 0 saturated heterocycles. The van der Waals surface area contributed by atoms with E-state index in [0.717, 1.165) is 10.6 Å². The van der Waals surface area contributed by atoms with Crippen molar-refractivity contribution in [2.45, 2.75) is 0 Å². The van der Waals surface area contributed by atoms with Gasteiger partial charge >= 0.3 is 8.05 Å². The molecule has 56 valence electrons. The molecule has 0 aliphatic heterocycles. The van der Waals surface area contributed by atoms with Crippen LogP contribution in [-0.4, -0.2) is 8.05 Å². The van der Waals surface area contributed by atoms with E-state index < -0.39 is 0 Å². The smallest absolute Gasteiger partial charge is 0.321 e. The zero-order valence-electron chi connectivity index (χ0n) is 6.25. The summed E-state index contributed by atoms with van der Waals surface area (Å²) in [5.74, 6) is 0. The molecule has 0 N–H and O–H groups in total. The van der Waals surface area contributed by atoms with Gasteiger partial charge in [0.25, 0.3) is 0 Å². The predicted octanol–water partition coefficient (Wildman–Crippen LogP) is 1.88. The van der Waals surface area contributed by atoms with Crippen LogP contribution < -0.4 is 0 Å². The lowest BCUT2D eigenvalue weighted by Crippen LogP contribution is -1.72. The summed E-state index contributed by atoms with van der Waals surface area (Å²) in [6.07, 6.45) is 3.47. The second-order valence-corrected chi connectivity index (χ2v) is 2.53. The normalized spacial score (nSPS) is 10.3. The van der Waals surface area contributed by atoms with Gasteiger partial charge < -0.3 is 4.65 Å². The van der Waals surface area contributed by atoms with Gasteiger partial charge in [0, 0.05) is 5.02 Å². The summed E-state index contributed by atoms with van der Waals surface area (Å²) >= 11 is 5.75. The number of halogens is 1. The highest BCUT2D eigenvalue weighted by atomic mass is 35.5. The van der Waals surface area contributed by atoms with Crippen molar-refractivity contribution >= 4 is 25.7 Å². The lowest BCUT2D eigenvalue weighted by atomic mass is 10.2. The predicted molar refractivity (Wildman–Crippen MR) is 50.1 cm³/mol. The average Bonchev–Trinajstić information content (AvgIpc) is 2.01. The van der Waals surface area contributed by atoms with Gasteiger partial charge in [-0.1, -0.05) is 23.7 Å². The molecule has 0 atom stereocenters. The molecule has 0 aliphatic rings. The minimum atomic E-state index is 0.739. The maximum Gasteiger partial charge on any atom is 0.321 e. The number of hydrogen-bond acceptors (Lipinski definition) is 1. The van der Waals surface area contributed by atoms with E-state index in [2.05, 4.69) is 0 Å². The van der Waals surface area contributed by atoms with Crippen molar-refractivity contribution in [1.29, 1.82) is 0 Å². The van der Waals surface area contributed by atoms with Crippen molar-refractivity contribution in [3.8, 4) is 0 Å². The first-order valence-electron chi connectivity index (χ1n) is 3.28. The Bertz CT molecular complexity index is 260. The molecule has 1 rings (SSSR count). The Balaban J connectivity index is 2.79. The summed E-state index contributed by atoms with van der Waals surface area (Å²) < 4.78 is 4.76. The van der Waals surface area contributed by atoms with E-state index in [1.165, 1.54) is 0 Å². The first kappa shape index (κ1) is 8.21. The minimum absolute atomic E-state index is 0.739. The third kappa shape index (κ3) is 2.68. The molecule has 3 heteroatoms. The highest BCUT2D eigenvalue weighted by Crippen LogP contribution is 2.11. The fourth-order valence-corrected chi connectivity index (χ4v) is 0.956. The van der Waals surface area contributed by atoms with Gasteiger partial charge in [-0.2, -0.15) is 0 Å². The zero-order valence-corrected chi connectivity index (χ0v) is 7.01. The van der Waals surface area contributed by atoms with Gasteiger partial charge in [-0.25, -0.2) is 0 Å². The molecule has 0 aromatic heterocycles. The van der Waals surface area contributed by atoms with E-state index in [9.17, 15) is 0 Å². The first-order valence-corrected chi connectivity index (χ1v) is 3.65. The Hall–Kier alpha value is -0.885.